The summed E-state index contributed by atoms with van der Waals surface area (Å²) in [5.74, 6) is -0.441. The van der Waals surface area contributed by atoms with Crippen LogP contribution < -0.4 is 10.6 Å². The summed E-state index contributed by atoms with van der Waals surface area (Å²) in [4.78, 5) is 6.62. The summed E-state index contributed by atoms with van der Waals surface area (Å²) in [6, 6.07) is 2.68. The van der Waals surface area contributed by atoms with Gasteiger partial charge in [-0.15, -0.1) is 24.0 Å². The molecule has 0 saturated carbocycles. The molecule has 1 saturated heterocycles. The van der Waals surface area contributed by atoms with E-state index in [9.17, 15) is 17.6 Å². The van der Waals surface area contributed by atoms with Crippen LogP contribution in [0.1, 0.15) is 37.3 Å². The first kappa shape index (κ1) is 23.9. The van der Waals surface area contributed by atoms with E-state index in [0.29, 0.717) is 25.1 Å². The van der Waals surface area contributed by atoms with Crippen molar-refractivity contribution >= 4 is 29.9 Å². The van der Waals surface area contributed by atoms with E-state index >= 15 is 0 Å². The number of nitrogens with one attached hydrogen (secondary N) is 2. The van der Waals surface area contributed by atoms with E-state index in [1.165, 1.54) is 12.8 Å². The highest BCUT2D eigenvalue weighted by atomic mass is 127. The Morgan fingerprint density at radius 3 is 2.52 bits per heavy atom. The topological polar surface area (TPSA) is 39.7 Å². The maximum absolute atomic E-state index is 13.2. The monoisotopic (exact) mass is 502 g/mol. The number of hydrogen-bond acceptors (Lipinski definition) is 2. The molecule has 1 heterocycles. The van der Waals surface area contributed by atoms with Crippen molar-refractivity contribution in [2.75, 3.05) is 32.7 Å². The minimum absolute atomic E-state index is 0. The zero-order chi connectivity index (χ0) is 19.0. The van der Waals surface area contributed by atoms with Crippen LogP contribution in [0.15, 0.2) is 23.2 Å². The van der Waals surface area contributed by atoms with Gasteiger partial charge in [-0.3, -0.25) is 0 Å². The number of alkyl halides is 3. The third kappa shape index (κ3) is 8.20. The van der Waals surface area contributed by atoms with Crippen LogP contribution in [-0.2, 0) is 12.7 Å². The van der Waals surface area contributed by atoms with Crippen molar-refractivity contribution in [3.05, 3.63) is 35.1 Å². The fourth-order valence-electron chi connectivity index (χ4n) is 2.97. The van der Waals surface area contributed by atoms with Crippen LogP contribution in [0.3, 0.4) is 0 Å². The molecule has 1 aromatic carbocycles. The molecule has 0 amide bonds. The molecule has 9 heteroatoms. The second-order valence-corrected chi connectivity index (χ2v) is 6.32. The van der Waals surface area contributed by atoms with Gasteiger partial charge in [-0.25, -0.2) is 9.38 Å². The van der Waals surface area contributed by atoms with E-state index in [4.69, 9.17) is 0 Å². The van der Waals surface area contributed by atoms with Crippen molar-refractivity contribution in [2.24, 2.45) is 4.99 Å². The van der Waals surface area contributed by atoms with Gasteiger partial charge in [0.05, 0.1) is 12.1 Å². The molecular formula is C18H27F4IN4. The van der Waals surface area contributed by atoms with Gasteiger partial charge in [0, 0.05) is 13.1 Å². The van der Waals surface area contributed by atoms with Gasteiger partial charge < -0.3 is 15.5 Å². The van der Waals surface area contributed by atoms with Crippen LogP contribution in [0.5, 0.6) is 0 Å². The maximum atomic E-state index is 13.2. The average molecular weight is 502 g/mol. The van der Waals surface area contributed by atoms with E-state index in [0.717, 1.165) is 38.2 Å². The number of rotatable bonds is 7. The molecule has 0 spiro atoms. The highest BCUT2D eigenvalue weighted by Gasteiger charge is 2.33. The zero-order valence-corrected chi connectivity index (χ0v) is 17.7. The predicted octanol–water partition coefficient (Wildman–Crippen LogP) is 4.00. The van der Waals surface area contributed by atoms with Gasteiger partial charge in [-0.1, -0.05) is 6.07 Å². The van der Waals surface area contributed by atoms with Gasteiger partial charge in [0.15, 0.2) is 5.96 Å². The lowest BCUT2D eigenvalue weighted by Crippen LogP contribution is -2.38. The van der Waals surface area contributed by atoms with Gasteiger partial charge in [-0.05, 0) is 63.5 Å². The predicted molar refractivity (Wildman–Crippen MR) is 110 cm³/mol. The molecule has 1 aliphatic rings. The van der Waals surface area contributed by atoms with Crippen molar-refractivity contribution in [1.29, 1.82) is 0 Å². The van der Waals surface area contributed by atoms with E-state index < -0.39 is 17.6 Å². The Morgan fingerprint density at radius 2 is 1.89 bits per heavy atom. The molecule has 154 valence electrons. The Morgan fingerprint density at radius 1 is 1.19 bits per heavy atom. The van der Waals surface area contributed by atoms with E-state index in [2.05, 4.69) is 20.5 Å². The first-order valence-corrected chi connectivity index (χ1v) is 9.00. The van der Waals surface area contributed by atoms with Crippen LogP contribution in [0.25, 0.3) is 0 Å². The molecule has 0 atom stereocenters. The summed E-state index contributed by atoms with van der Waals surface area (Å²) in [6.07, 6.45) is -1.17. The molecule has 0 radical (unpaired) electrons. The van der Waals surface area contributed by atoms with Gasteiger partial charge >= 0.3 is 6.18 Å². The Hall–Kier alpha value is -1.10. The molecule has 2 N–H and O–H groups in total. The second kappa shape index (κ2) is 11.7. The molecule has 4 nitrogen and oxygen atoms in total. The normalized spacial score (nSPS) is 15.5. The molecule has 1 aromatic rings. The number of halogens is 5. The number of nitrogens with zero attached hydrogens (tertiary/aromatic N) is 2. The Labute approximate surface area is 174 Å². The summed E-state index contributed by atoms with van der Waals surface area (Å²) in [6.45, 7) is 6.29. The molecule has 0 aliphatic carbocycles. The van der Waals surface area contributed by atoms with E-state index in [1.54, 1.807) is 0 Å². The molecule has 0 unspecified atom stereocenters. The first-order valence-electron chi connectivity index (χ1n) is 9.00. The van der Waals surface area contributed by atoms with E-state index in [-0.39, 0.29) is 36.1 Å². The van der Waals surface area contributed by atoms with Gasteiger partial charge in [0.1, 0.15) is 5.82 Å². The lowest BCUT2D eigenvalue weighted by molar-refractivity contribution is -0.138. The summed E-state index contributed by atoms with van der Waals surface area (Å²) in [7, 11) is 0. The van der Waals surface area contributed by atoms with Crippen molar-refractivity contribution < 1.29 is 17.6 Å². The average Bonchev–Trinajstić information content (AvgIpc) is 3.09. The third-order valence-corrected chi connectivity index (χ3v) is 4.27. The molecule has 27 heavy (non-hydrogen) atoms. The molecular weight excluding hydrogens is 475 g/mol. The lowest BCUT2D eigenvalue weighted by atomic mass is 10.1. The quantitative estimate of drug-likeness (QED) is 0.195. The molecule has 1 aliphatic heterocycles. The Bertz CT molecular complexity index is 602. The standard InChI is InChI=1S/C18H26F4N4.HI/c1-2-23-17(24-8-5-11-26-9-3-4-10-26)25-13-14-6-7-15(19)12-16(14)18(20,21)22;/h6-7,12H,2-5,8-11,13H2,1H3,(H2,23,24,25);1H. The minimum atomic E-state index is -4.60. The van der Waals surface area contributed by atoms with Crippen LogP contribution >= 0.6 is 24.0 Å². The smallest absolute Gasteiger partial charge is 0.357 e. The molecule has 0 bridgehead atoms. The van der Waals surface area contributed by atoms with Gasteiger partial charge in [0.25, 0.3) is 0 Å². The van der Waals surface area contributed by atoms with Crippen LogP contribution in [0, 0.1) is 5.82 Å². The number of hydrogen-bond donors (Lipinski definition) is 2. The fourth-order valence-corrected chi connectivity index (χ4v) is 2.97. The molecule has 1 fully saturated rings. The maximum Gasteiger partial charge on any atom is 0.416 e. The summed E-state index contributed by atoms with van der Waals surface area (Å²) in [5, 5.41) is 6.16. The number of guanidine groups is 1. The minimum Gasteiger partial charge on any atom is -0.357 e. The summed E-state index contributed by atoms with van der Waals surface area (Å²) < 4.78 is 52.3. The van der Waals surface area contributed by atoms with Crippen LogP contribution in [0.2, 0.25) is 0 Å². The second-order valence-electron chi connectivity index (χ2n) is 6.32. The summed E-state index contributed by atoms with van der Waals surface area (Å²) >= 11 is 0. The Balaban J connectivity index is 0.00000364. The number of aliphatic imine (C=N–C) groups is 1. The third-order valence-electron chi connectivity index (χ3n) is 4.27. The summed E-state index contributed by atoms with van der Waals surface area (Å²) in [5.41, 5.74) is -1.03. The Kier molecular flexibility index (Phi) is 10.4. The highest BCUT2D eigenvalue weighted by Crippen LogP contribution is 2.32. The largest absolute Gasteiger partial charge is 0.416 e. The molecule has 0 aromatic heterocycles. The van der Waals surface area contributed by atoms with Crippen LogP contribution in [-0.4, -0.2) is 43.6 Å². The number of likely N-dealkylation sites (tertiary alicyclic amines) is 1. The SMILES string of the molecule is CCNC(=NCc1ccc(F)cc1C(F)(F)F)NCCCN1CCCC1.I. The lowest BCUT2D eigenvalue weighted by Gasteiger charge is -2.16. The molecule has 2 rings (SSSR count). The van der Waals surface area contributed by atoms with Crippen molar-refractivity contribution in [3.8, 4) is 0 Å². The van der Waals surface area contributed by atoms with Crippen molar-refractivity contribution in [1.82, 2.24) is 15.5 Å². The van der Waals surface area contributed by atoms with E-state index in [1.807, 2.05) is 6.92 Å². The van der Waals surface area contributed by atoms with Gasteiger partial charge in [0.2, 0.25) is 0 Å². The van der Waals surface area contributed by atoms with Crippen molar-refractivity contribution in [3.63, 3.8) is 0 Å². The fraction of sp³-hybridized carbons (Fsp3) is 0.611. The number of benzene rings is 1. The van der Waals surface area contributed by atoms with Crippen molar-refractivity contribution in [2.45, 2.75) is 38.9 Å². The van der Waals surface area contributed by atoms with Gasteiger partial charge in [-0.2, -0.15) is 13.2 Å². The van der Waals surface area contributed by atoms with Crippen LogP contribution in [0.4, 0.5) is 17.6 Å². The first-order chi connectivity index (χ1) is 12.4. The highest BCUT2D eigenvalue weighted by molar-refractivity contribution is 14.0. The zero-order valence-electron chi connectivity index (χ0n) is 15.4.